The van der Waals surface area contributed by atoms with Crippen LogP contribution in [0.4, 0.5) is 10.2 Å². The van der Waals surface area contributed by atoms with Crippen molar-refractivity contribution in [2.75, 3.05) is 25.6 Å². The Balaban J connectivity index is 1.59. The first kappa shape index (κ1) is 21.6. The largest absolute Gasteiger partial charge is 0.385 e. The van der Waals surface area contributed by atoms with E-state index in [1.807, 2.05) is 10.5 Å². The first-order chi connectivity index (χ1) is 16.0. The molecule has 170 valence electrons. The van der Waals surface area contributed by atoms with E-state index in [-0.39, 0.29) is 17.8 Å². The minimum atomic E-state index is -0.365. The number of carbonyl (C=O) groups excluding carboxylic acids is 1. The van der Waals surface area contributed by atoms with E-state index in [2.05, 4.69) is 20.6 Å². The van der Waals surface area contributed by atoms with Crippen LogP contribution in [-0.4, -0.2) is 46.6 Å². The average Bonchev–Trinajstić information content (AvgIpc) is 3.50. The second kappa shape index (κ2) is 8.96. The number of benzene rings is 2. The smallest absolute Gasteiger partial charge is 0.253 e. The van der Waals surface area contributed by atoms with E-state index < -0.39 is 0 Å². The first-order valence-corrected chi connectivity index (χ1v) is 11.2. The number of imidazole rings is 1. The molecule has 2 aromatic carbocycles. The molecule has 2 N–H and O–H groups in total. The highest BCUT2D eigenvalue weighted by Crippen LogP contribution is 2.31. The van der Waals surface area contributed by atoms with Crippen molar-refractivity contribution in [3.63, 3.8) is 0 Å². The molecule has 0 radical (unpaired) electrons. The summed E-state index contributed by atoms with van der Waals surface area (Å²) < 4.78 is 21.1. The predicted octanol–water partition coefficient (Wildman–Crippen LogP) is 4.68. The van der Waals surface area contributed by atoms with Crippen LogP contribution in [0.25, 0.3) is 27.9 Å². The molecule has 9 heteroatoms. The van der Waals surface area contributed by atoms with Crippen molar-refractivity contribution in [1.82, 2.24) is 19.7 Å². The van der Waals surface area contributed by atoms with Gasteiger partial charge in [-0.3, -0.25) is 9.20 Å². The standard InChI is InChI=1S/C24H23ClFN5O2/c1-33-10-2-9-27-22-23-28-13-21(31(23)20-12-15(26)4-8-19(20)30-22)14-3-7-17(18(25)11-14)24(32)29-16-5-6-16/h3-4,7-8,11-13,16H,2,5-6,9-10H2,1H3,(H,27,30)(H,29,32). The number of amides is 1. The lowest BCUT2D eigenvalue weighted by molar-refractivity contribution is 0.0951. The fraction of sp³-hybridized carbons (Fsp3) is 0.292. The number of ether oxygens (including phenoxy) is 1. The highest BCUT2D eigenvalue weighted by Gasteiger charge is 2.25. The monoisotopic (exact) mass is 467 g/mol. The summed E-state index contributed by atoms with van der Waals surface area (Å²) in [5.74, 6) is 0.0608. The lowest BCUT2D eigenvalue weighted by Gasteiger charge is -2.12. The number of carbonyl (C=O) groups is 1. The molecule has 1 saturated carbocycles. The van der Waals surface area contributed by atoms with E-state index in [9.17, 15) is 9.18 Å². The third kappa shape index (κ3) is 4.36. The summed E-state index contributed by atoms with van der Waals surface area (Å²) in [4.78, 5) is 21.7. The first-order valence-electron chi connectivity index (χ1n) is 10.9. The van der Waals surface area contributed by atoms with Gasteiger partial charge in [0.2, 0.25) is 0 Å². The quantitative estimate of drug-likeness (QED) is 0.368. The van der Waals surface area contributed by atoms with Gasteiger partial charge in [-0.1, -0.05) is 17.7 Å². The summed E-state index contributed by atoms with van der Waals surface area (Å²) in [7, 11) is 1.66. The van der Waals surface area contributed by atoms with Gasteiger partial charge in [0.1, 0.15) is 5.82 Å². The lowest BCUT2D eigenvalue weighted by atomic mass is 10.1. The number of halogens is 2. The van der Waals surface area contributed by atoms with Gasteiger partial charge in [-0.25, -0.2) is 14.4 Å². The maximum atomic E-state index is 14.2. The molecule has 0 spiro atoms. The maximum absolute atomic E-state index is 14.2. The molecule has 7 nitrogen and oxygen atoms in total. The highest BCUT2D eigenvalue weighted by atomic mass is 35.5. The molecule has 1 fully saturated rings. The summed E-state index contributed by atoms with van der Waals surface area (Å²) in [6.45, 7) is 1.28. The van der Waals surface area contributed by atoms with Crippen LogP contribution >= 0.6 is 11.6 Å². The SMILES string of the molecule is COCCCNc1nc2ccc(F)cc2n2c(-c3ccc(C(=O)NC4CC4)c(Cl)c3)cnc12. The van der Waals surface area contributed by atoms with E-state index in [1.165, 1.54) is 12.1 Å². The minimum absolute atomic E-state index is 0.175. The normalized spacial score (nSPS) is 13.5. The fourth-order valence-corrected chi connectivity index (χ4v) is 4.06. The third-order valence-electron chi connectivity index (χ3n) is 5.62. The molecular weight excluding hydrogens is 445 g/mol. The van der Waals surface area contributed by atoms with Gasteiger partial charge >= 0.3 is 0 Å². The number of nitrogens with zero attached hydrogens (tertiary/aromatic N) is 3. The topological polar surface area (TPSA) is 80.5 Å². The molecule has 0 saturated heterocycles. The summed E-state index contributed by atoms with van der Waals surface area (Å²) in [6, 6.07) is 9.99. The lowest BCUT2D eigenvalue weighted by Crippen LogP contribution is -2.25. The molecule has 1 aliphatic rings. The van der Waals surface area contributed by atoms with Gasteiger partial charge in [-0.05, 0) is 43.5 Å². The van der Waals surface area contributed by atoms with Gasteiger partial charge in [0, 0.05) is 37.9 Å². The van der Waals surface area contributed by atoms with Gasteiger partial charge < -0.3 is 15.4 Å². The van der Waals surface area contributed by atoms with Gasteiger partial charge in [-0.2, -0.15) is 0 Å². The number of anilines is 1. The zero-order valence-electron chi connectivity index (χ0n) is 18.1. The third-order valence-corrected chi connectivity index (χ3v) is 5.94. The van der Waals surface area contributed by atoms with Crippen LogP contribution in [0.3, 0.4) is 0 Å². The number of nitrogens with one attached hydrogen (secondary N) is 2. The Bertz CT molecular complexity index is 1350. The predicted molar refractivity (Wildman–Crippen MR) is 126 cm³/mol. The van der Waals surface area contributed by atoms with Crippen LogP contribution in [0.2, 0.25) is 5.02 Å². The summed E-state index contributed by atoms with van der Waals surface area (Å²) in [5, 5.41) is 6.61. The Kier molecular flexibility index (Phi) is 5.86. The Morgan fingerprint density at radius 1 is 1.27 bits per heavy atom. The molecule has 0 atom stereocenters. The number of hydrogen-bond donors (Lipinski definition) is 2. The molecule has 2 heterocycles. The Hall–Kier alpha value is -3.23. The average molecular weight is 468 g/mol. The van der Waals surface area contributed by atoms with E-state index in [0.717, 1.165) is 30.5 Å². The molecule has 0 aliphatic heterocycles. The fourth-order valence-electron chi connectivity index (χ4n) is 3.80. The zero-order chi connectivity index (χ0) is 22.9. The number of fused-ring (bicyclic) bond motifs is 3. The molecule has 1 aliphatic carbocycles. The molecule has 0 bridgehead atoms. The Morgan fingerprint density at radius 3 is 2.88 bits per heavy atom. The van der Waals surface area contributed by atoms with Crippen LogP contribution in [0.5, 0.6) is 0 Å². The van der Waals surface area contributed by atoms with Crippen molar-refractivity contribution in [2.45, 2.75) is 25.3 Å². The van der Waals surface area contributed by atoms with E-state index in [1.54, 1.807) is 31.5 Å². The molecule has 1 amide bonds. The zero-order valence-corrected chi connectivity index (χ0v) is 18.8. The van der Waals surface area contributed by atoms with Crippen molar-refractivity contribution in [2.24, 2.45) is 0 Å². The highest BCUT2D eigenvalue weighted by molar-refractivity contribution is 6.34. The van der Waals surface area contributed by atoms with Crippen molar-refractivity contribution >= 4 is 40.0 Å². The van der Waals surface area contributed by atoms with Crippen LogP contribution in [0, 0.1) is 5.82 Å². The number of hydrogen-bond acceptors (Lipinski definition) is 5. The van der Waals surface area contributed by atoms with Crippen LogP contribution in [0.15, 0.2) is 42.6 Å². The Morgan fingerprint density at radius 2 is 2.12 bits per heavy atom. The molecule has 2 aromatic heterocycles. The van der Waals surface area contributed by atoms with E-state index in [0.29, 0.717) is 46.2 Å². The maximum Gasteiger partial charge on any atom is 0.253 e. The second-order valence-electron chi connectivity index (χ2n) is 8.11. The second-order valence-corrected chi connectivity index (χ2v) is 8.52. The summed E-state index contributed by atoms with van der Waals surface area (Å²) >= 11 is 6.48. The molecule has 4 aromatic rings. The molecular formula is C24H23ClFN5O2. The van der Waals surface area contributed by atoms with Crippen molar-refractivity contribution in [1.29, 1.82) is 0 Å². The van der Waals surface area contributed by atoms with Crippen molar-refractivity contribution < 1.29 is 13.9 Å². The van der Waals surface area contributed by atoms with Crippen LogP contribution < -0.4 is 10.6 Å². The van der Waals surface area contributed by atoms with Gasteiger partial charge in [0.05, 0.1) is 33.5 Å². The summed E-state index contributed by atoms with van der Waals surface area (Å²) in [5.41, 5.74) is 3.71. The molecule has 0 unspecified atom stereocenters. The van der Waals surface area contributed by atoms with Gasteiger partial charge in [0.25, 0.3) is 5.91 Å². The summed E-state index contributed by atoms with van der Waals surface area (Å²) in [6.07, 6.45) is 4.52. The van der Waals surface area contributed by atoms with Crippen LogP contribution in [-0.2, 0) is 4.74 Å². The van der Waals surface area contributed by atoms with Crippen LogP contribution in [0.1, 0.15) is 29.6 Å². The van der Waals surface area contributed by atoms with Gasteiger partial charge in [0.15, 0.2) is 11.5 Å². The molecule has 33 heavy (non-hydrogen) atoms. The number of rotatable bonds is 8. The van der Waals surface area contributed by atoms with E-state index in [4.69, 9.17) is 16.3 Å². The minimum Gasteiger partial charge on any atom is -0.385 e. The van der Waals surface area contributed by atoms with Crippen molar-refractivity contribution in [3.05, 3.63) is 59.0 Å². The number of aromatic nitrogens is 3. The van der Waals surface area contributed by atoms with Gasteiger partial charge in [-0.15, -0.1) is 0 Å². The van der Waals surface area contributed by atoms with E-state index >= 15 is 0 Å². The van der Waals surface area contributed by atoms with Crippen molar-refractivity contribution in [3.8, 4) is 11.3 Å². The molecule has 5 rings (SSSR count). The number of methoxy groups -OCH3 is 1. The Labute approximate surface area is 194 Å².